The fourth-order valence-electron chi connectivity index (χ4n) is 2.91. The number of anilines is 1. The molecule has 2 aromatic carbocycles. The number of aromatic nitrogens is 2. The van der Waals surface area contributed by atoms with Gasteiger partial charge in [-0.15, -0.1) is 11.3 Å². The van der Waals surface area contributed by atoms with Gasteiger partial charge in [0.1, 0.15) is 22.3 Å². The molecule has 0 aliphatic rings. The number of hydrogen-bond donors (Lipinski definition) is 2. The predicted molar refractivity (Wildman–Crippen MR) is 118 cm³/mol. The summed E-state index contributed by atoms with van der Waals surface area (Å²) in [6.07, 6.45) is 3.01. The minimum absolute atomic E-state index is 0.0867. The van der Waals surface area contributed by atoms with Crippen LogP contribution in [0, 0.1) is 11.3 Å². The molecule has 8 heteroatoms. The van der Waals surface area contributed by atoms with Crippen molar-refractivity contribution in [2.45, 2.75) is 6.92 Å². The molecule has 0 radical (unpaired) electrons. The molecule has 0 amide bonds. The second-order valence-electron chi connectivity index (χ2n) is 6.21. The average Bonchev–Trinajstić information content (AvgIpc) is 3.12. The van der Waals surface area contributed by atoms with Crippen LogP contribution in [-0.4, -0.2) is 27.9 Å². The van der Waals surface area contributed by atoms with Crippen LogP contribution in [0.1, 0.15) is 18.1 Å². The summed E-state index contributed by atoms with van der Waals surface area (Å²) in [6.45, 7) is 2.44. The summed E-state index contributed by atoms with van der Waals surface area (Å²) in [4.78, 5) is 9.16. The molecule has 0 fully saturated rings. The second-order valence-corrected chi connectivity index (χ2v) is 7.23. The van der Waals surface area contributed by atoms with Crippen molar-refractivity contribution in [2.24, 2.45) is 5.10 Å². The highest BCUT2D eigenvalue weighted by Crippen LogP contribution is 2.47. The third-order valence-electron chi connectivity index (χ3n) is 4.30. The molecular weight excluding hydrogens is 398 g/mol. The van der Waals surface area contributed by atoms with Gasteiger partial charge >= 0.3 is 0 Å². The SMILES string of the molecule is CCOc1ccccc1-c1sc2c(NN=Cc3ccc(C#N)cc3)ncnc2c1O. The summed E-state index contributed by atoms with van der Waals surface area (Å²) < 4.78 is 6.39. The van der Waals surface area contributed by atoms with Gasteiger partial charge in [0.05, 0.1) is 29.3 Å². The van der Waals surface area contributed by atoms with Crippen molar-refractivity contribution in [1.82, 2.24) is 9.97 Å². The summed E-state index contributed by atoms with van der Waals surface area (Å²) in [7, 11) is 0. The Morgan fingerprint density at radius 3 is 2.77 bits per heavy atom. The van der Waals surface area contributed by atoms with Gasteiger partial charge in [0, 0.05) is 5.56 Å². The Kier molecular flexibility index (Phi) is 5.54. The van der Waals surface area contributed by atoms with Crippen molar-refractivity contribution in [2.75, 3.05) is 12.0 Å². The number of hydrogen-bond acceptors (Lipinski definition) is 8. The number of aromatic hydroxyl groups is 1. The molecular formula is C22H17N5O2S. The van der Waals surface area contributed by atoms with Crippen LogP contribution in [0.15, 0.2) is 60.0 Å². The van der Waals surface area contributed by atoms with Crippen LogP contribution in [-0.2, 0) is 0 Å². The second kappa shape index (κ2) is 8.59. The van der Waals surface area contributed by atoms with Gasteiger partial charge in [0.25, 0.3) is 0 Å². The maximum Gasteiger partial charge on any atom is 0.167 e. The van der Waals surface area contributed by atoms with Crippen molar-refractivity contribution in [1.29, 1.82) is 5.26 Å². The van der Waals surface area contributed by atoms with Gasteiger partial charge in [-0.05, 0) is 36.8 Å². The van der Waals surface area contributed by atoms with E-state index in [4.69, 9.17) is 10.00 Å². The fraction of sp³-hybridized carbons (Fsp3) is 0.0909. The van der Waals surface area contributed by atoms with E-state index in [0.29, 0.717) is 38.8 Å². The van der Waals surface area contributed by atoms with Gasteiger partial charge in [-0.3, -0.25) is 5.43 Å². The van der Waals surface area contributed by atoms with Gasteiger partial charge in [0.15, 0.2) is 11.6 Å². The molecule has 0 spiro atoms. The average molecular weight is 415 g/mol. The first kappa shape index (κ1) is 19.4. The van der Waals surface area contributed by atoms with E-state index >= 15 is 0 Å². The zero-order valence-corrected chi connectivity index (χ0v) is 16.8. The van der Waals surface area contributed by atoms with Crippen LogP contribution in [0.5, 0.6) is 11.5 Å². The lowest BCUT2D eigenvalue weighted by Crippen LogP contribution is -1.94. The number of nitrogens with one attached hydrogen (secondary N) is 1. The van der Waals surface area contributed by atoms with Crippen LogP contribution in [0.25, 0.3) is 20.7 Å². The molecule has 0 aliphatic heterocycles. The fourth-order valence-corrected chi connectivity index (χ4v) is 4.02. The largest absolute Gasteiger partial charge is 0.504 e. The lowest BCUT2D eigenvalue weighted by Gasteiger charge is -2.08. The Hall–Kier alpha value is -3.96. The summed E-state index contributed by atoms with van der Waals surface area (Å²) in [5, 5.41) is 23.9. The van der Waals surface area contributed by atoms with Gasteiger partial charge in [-0.1, -0.05) is 24.3 Å². The van der Waals surface area contributed by atoms with E-state index in [1.807, 2.05) is 31.2 Å². The molecule has 4 rings (SSSR count). The van der Waals surface area contributed by atoms with Crippen molar-refractivity contribution in [3.63, 3.8) is 0 Å². The van der Waals surface area contributed by atoms with E-state index in [1.54, 1.807) is 30.5 Å². The van der Waals surface area contributed by atoms with E-state index in [2.05, 4.69) is 26.6 Å². The minimum atomic E-state index is 0.0867. The van der Waals surface area contributed by atoms with Crippen LogP contribution in [0.4, 0.5) is 5.82 Å². The van der Waals surface area contributed by atoms with Gasteiger partial charge in [0.2, 0.25) is 0 Å². The highest BCUT2D eigenvalue weighted by Gasteiger charge is 2.19. The van der Waals surface area contributed by atoms with Gasteiger partial charge in [-0.25, -0.2) is 9.97 Å². The number of benzene rings is 2. The van der Waals surface area contributed by atoms with E-state index < -0.39 is 0 Å². The van der Waals surface area contributed by atoms with Gasteiger partial charge in [-0.2, -0.15) is 10.4 Å². The number of ether oxygens (including phenoxy) is 1. The molecule has 0 bridgehead atoms. The molecule has 0 saturated carbocycles. The molecule has 2 aromatic heterocycles. The van der Waals surface area contributed by atoms with Crippen molar-refractivity contribution < 1.29 is 9.84 Å². The van der Waals surface area contributed by atoms with Gasteiger partial charge < -0.3 is 9.84 Å². The lowest BCUT2D eigenvalue weighted by atomic mass is 10.1. The quantitative estimate of drug-likeness (QED) is 0.347. The Labute approximate surface area is 176 Å². The normalized spacial score (nSPS) is 10.9. The highest BCUT2D eigenvalue weighted by atomic mass is 32.1. The smallest absolute Gasteiger partial charge is 0.167 e. The number of nitrogens with zero attached hydrogens (tertiary/aromatic N) is 4. The number of thiophene rings is 1. The maximum atomic E-state index is 10.8. The number of fused-ring (bicyclic) bond motifs is 1. The standard InChI is InChI=1S/C22H17N5O2S/c1-2-29-17-6-4-3-5-16(17)20-19(28)18-21(30-20)22(25-13-24-18)27-26-12-15-9-7-14(11-23)8-10-15/h3-10,12-13,28H,2H2,1H3,(H,24,25,27). The summed E-state index contributed by atoms with van der Waals surface area (Å²) in [5.74, 6) is 1.28. The number of nitriles is 1. The number of rotatable bonds is 6. The minimum Gasteiger partial charge on any atom is -0.504 e. The predicted octanol–water partition coefficient (Wildman–Crippen LogP) is 4.78. The Balaban J connectivity index is 1.67. The van der Waals surface area contributed by atoms with Crippen LogP contribution < -0.4 is 10.2 Å². The monoisotopic (exact) mass is 415 g/mol. The summed E-state index contributed by atoms with van der Waals surface area (Å²) >= 11 is 1.37. The molecule has 4 aromatic rings. The number of hydrazone groups is 1. The number of para-hydroxylation sites is 1. The lowest BCUT2D eigenvalue weighted by molar-refractivity contribution is 0.341. The Bertz CT molecular complexity index is 1260. The zero-order chi connectivity index (χ0) is 20.9. The van der Waals surface area contributed by atoms with Crippen LogP contribution in [0.3, 0.4) is 0 Å². The molecule has 7 nitrogen and oxygen atoms in total. The summed E-state index contributed by atoms with van der Waals surface area (Å²) in [5.41, 5.74) is 5.60. The van der Waals surface area contributed by atoms with Crippen molar-refractivity contribution >= 4 is 33.6 Å². The first-order chi connectivity index (χ1) is 14.7. The topological polar surface area (TPSA) is 103 Å². The maximum absolute atomic E-state index is 10.8. The Morgan fingerprint density at radius 2 is 2.00 bits per heavy atom. The molecule has 0 unspecified atom stereocenters. The van der Waals surface area contributed by atoms with Crippen molar-refractivity contribution in [3.05, 3.63) is 66.0 Å². The zero-order valence-electron chi connectivity index (χ0n) is 16.0. The van der Waals surface area contributed by atoms with Crippen molar-refractivity contribution in [3.8, 4) is 28.0 Å². The van der Waals surface area contributed by atoms with E-state index in [1.165, 1.54) is 17.7 Å². The van der Waals surface area contributed by atoms with E-state index in [9.17, 15) is 5.11 Å². The molecule has 2 N–H and O–H groups in total. The van der Waals surface area contributed by atoms with E-state index in [-0.39, 0.29) is 5.75 Å². The third-order valence-corrected chi connectivity index (χ3v) is 5.51. The highest BCUT2D eigenvalue weighted by molar-refractivity contribution is 7.23. The molecule has 0 atom stereocenters. The molecule has 2 heterocycles. The summed E-state index contributed by atoms with van der Waals surface area (Å²) in [6, 6.07) is 16.7. The molecule has 0 saturated heterocycles. The molecule has 30 heavy (non-hydrogen) atoms. The van der Waals surface area contributed by atoms with E-state index in [0.717, 1.165) is 11.1 Å². The van der Waals surface area contributed by atoms with Crippen LogP contribution >= 0.6 is 11.3 Å². The molecule has 148 valence electrons. The third kappa shape index (κ3) is 3.79. The first-order valence-corrected chi connectivity index (χ1v) is 10.0. The first-order valence-electron chi connectivity index (χ1n) is 9.19. The Morgan fingerprint density at radius 1 is 1.20 bits per heavy atom. The molecule has 0 aliphatic carbocycles. The van der Waals surface area contributed by atoms with Crippen LogP contribution in [0.2, 0.25) is 0 Å².